The number of aliphatic hydroxyl groups excluding tert-OH is 2. The van der Waals surface area contributed by atoms with E-state index in [0.717, 1.165) is 11.1 Å². The van der Waals surface area contributed by atoms with Crippen LogP contribution in [0, 0.1) is 0 Å². The molecule has 2 N–H and O–H groups in total. The lowest BCUT2D eigenvalue weighted by Crippen LogP contribution is -2.20. The summed E-state index contributed by atoms with van der Waals surface area (Å²) in [6.45, 7) is 3.49. The van der Waals surface area contributed by atoms with Crippen LogP contribution >= 0.6 is 11.6 Å². The first-order chi connectivity index (χ1) is 12.9. The zero-order chi connectivity index (χ0) is 19.9. The smallest absolute Gasteiger partial charge is 0.119 e. The summed E-state index contributed by atoms with van der Waals surface area (Å²) >= 11 is 5.56. The highest BCUT2D eigenvalue weighted by molar-refractivity contribution is 6.18. The first-order valence-corrected chi connectivity index (χ1v) is 9.35. The summed E-state index contributed by atoms with van der Waals surface area (Å²) in [4.78, 5) is 0. The molecule has 0 fully saturated rings. The van der Waals surface area contributed by atoms with Gasteiger partial charge in [0.1, 0.15) is 43.6 Å². The maximum Gasteiger partial charge on any atom is 0.119 e. The number of alkyl halides is 2. The van der Waals surface area contributed by atoms with Gasteiger partial charge in [-0.2, -0.15) is 0 Å². The average Bonchev–Trinajstić information content (AvgIpc) is 2.70. The van der Waals surface area contributed by atoms with Gasteiger partial charge in [0.2, 0.25) is 0 Å². The predicted octanol–water partition coefficient (Wildman–Crippen LogP) is 3.70. The Morgan fingerprint density at radius 3 is 1.63 bits per heavy atom. The van der Waals surface area contributed by atoms with E-state index in [2.05, 4.69) is 13.8 Å². The minimum atomic E-state index is -1.10. The fourth-order valence-corrected chi connectivity index (χ4v) is 2.67. The third-order valence-electron chi connectivity index (χ3n) is 4.39. The lowest BCUT2D eigenvalue weighted by molar-refractivity contribution is 0.0842. The van der Waals surface area contributed by atoms with Crippen molar-refractivity contribution in [3.63, 3.8) is 0 Å². The van der Waals surface area contributed by atoms with E-state index < -0.39 is 18.9 Å². The molecule has 0 unspecified atom stereocenters. The Morgan fingerprint density at radius 2 is 1.26 bits per heavy atom. The highest BCUT2D eigenvalue weighted by Gasteiger charge is 2.23. The van der Waals surface area contributed by atoms with Crippen molar-refractivity contribution in [1.29, 1.82) is 0 Å². The number of aliphatic hydroxyl groups is 2. The van der Waals surface area contributed by atoms with E-state index in [4.69, 9.17) is 21.1 Å². The molecule has 27 heavy (non-hydrogen) atoms. The summed E-state index contributed by atoms with van der Waals surface area (Å²) < 4.78 is 23.1. The first-order valence-electron chi connectivity index (χ1n) is 8.81. The fraction of sp³-hybridized carbons (Fsp3) is 0.429. The lowest BCUT2D eigenvalue weighted by Gasteiger charge is -2.26. The quantitative estimate of drug-likeness (QED) is 0.601. The maximum atomic E-state index is 12.3. The number of hydrogen-bond donors (Lipinski definition) is 2. The third kappa shape index (κ3) is 6.09. The lowest BCUT2D eigenvalue weighted by atomic mass is 9.78. The molecule has 0 heterocycles. The Kier molecular flexibility index (Phi) is 7.90. The largest absolute Gasteiger partial charge is 0.491 e. The molecule has 0 aliphatic rings. The highest BCUT2D eigenvalue weighted by atomic mass is 35.5. The Balaban J connectivity index is 2.04. The van der Waals surface area contributed by atoms with Crippen LogP contribution in [0.25, 0.3) is 0 Å². The number of ether oxygens (including phenoxy) is 2. The summed E-state index contributed by atoms with van der Waals surface area (Å²) in [5.74, 6) is 1.40. The number of hydrogen-bond acceptors (Lipinski definition) is 4. The zero-order valence-corrected chi connectivity index (χ0v) is 16.3. The third-order valence-corrected chi connectivity index (χ3v) is 4.75. The summed E-state index contributed by atoms with van der Waals surface area (Å²) in [7, 11) is 0. The van der Waals surface area contributed by atoms with Crippen molar-refractivity contribution in [1.82, 2.24) is 0 Å². The van der Waals surface area contributed by atoms with Crippen molar-refractivity contribution in [3.05, 3.63) is 59.7 Å². The van der Waals surface area contributed by atoms with Crippen molar-refractivity contribution in [3.8, 4) is 11.5 Å². The molecule has 2 aromatic rings. The molecule has 0 radical (unpaired) electrons. The van der Waals surface area contributed by atoms with Gasteiger partial charge in [-0.15, -0.1) is 11.6 Å². The van der Waals surface area contributed by atoms with Gasteiger partial charge >= 0.3 is 0 Å². The van der Waals surface area contributed by atoms with Crippen LogP contribution in [0.5, 0.6) is 11.5 Å². The van der Waals surface area contributed by atoms with Crippen LogP contribution in [-0.2, 0) is 5.41 Å². The van der Waals surface area contributed by atoms with Crippen LogP contribution in [0.2, 0.25) is 0 Å². The van der Waals surface area contributed by atoms with E-state index in [1.165, 1.54) is 0 Å². The minimum absolute atomic E-state index is 0.0703. The van der Waals surface area contributed by atoms with E-state index in [1.807, 2.05) is 48.5 Å². The summed E-state index contributed by atoms with van der Waals surface area (Å²) in [5, 5.41) is 18.7. The molecule has 6 heteroatoms. The molecule has 0 amide bonds. The van der Waals surface area contributed by atoms with Crippen LogP contribution in [0.1, 0.15) is 25.0 Å². The van der Waals surface area contributed by atoms with Crippen LogP contribution in [0.15, 0.2) is 48.5 Å². The topological polar surface area (TPSA) is 58.9 Å². The Morgan fingerprint density at radius 1 is 0.852 bits per heavy atom. The Hall–Kier alpha value is -1.82. The van der Waals surface area contributed by atoms with E-state index in [-0.39, 0.29) is 24.5 Å². The van der Waals surface area contributed by atoms with Gasteiger partial charge in [-0.05, 0) is 35.4 Å². The number of benzene rings is 2. The molecule has 4 nitrogen and oxygen atoms in total. The van der Waals surface area contributed by atoms with Crippen LogP contribution < -0.4 is 9.47 Å². The van der Waals surface area contributed by atoms with Gasteiger partial charge in [-0.3, -0.25) is 0 Å². The molecule has 0 aromatic heterocycles. The second kappa shape index (κ2) is 9.93. The average molecular weight is 397 g/mol. The standard InChI is InChI=1S/C21H26ClFO4/c1-21(2,15-3-7-19(8-4-15)26-13-17(24)11-22)16-5-9-20(10-6-16)27-14-18(25)12-23/h3-10,17-18,24-25H,11-14H2,1-2H3/t17-,18-/m0/s1. The summed E-state index contributed by atoms with van der Waals surface area (Å²) in [5.41, 5.74) is 1.95. The normalized spacial score (nSPS) is 13.9. The molecule has 0 saturated carbocycles. The summed E-state index contributed by atoms with van der Waals surface area (Å²) in [6, 6.07) is 15.3. The minimum Gasteiger partial charge on any atom is -0.491 e. The molecule has 0 aliphatic heterocycles. The molecule has 2 rings (SSSR count). The molecule has 0 saturated heterocycles. The highest BCUT2D eigenvalue weighted by Crippen LogP contribution is 2.33. The van der Waals surface area contributed by atoms with E-state index >= 15 is 0 Å². The van der Waals surface area contributed by atoms with E-state index in [1.54, 1.807) is 0 Å². The van der Waals surface area contributed by atoms with Crippen molar-refractivity contribution < 1.29 is 24.1 Å². The van der Waals surface area contributed by atoms with Crippen molar-refractivity contribution in [2.45, 2.75) is 31.5 Å². The van der Waals surface area contributed by atoms with E-state index in [9.17, 15) is 14.6 Å². The molecule has 148 valence electrons. The van der Waals surface area contributed by atoms with Gasteiger partial charge in [0.05, 0.1) is 5.88 Å². The zero-order valence-electron chi connectivity index (χ0n) is 15.6. The second-order valence-electron chi connectivity index (χ2n) is 6.91. The summed E-state index contributed by atoms with van der Waals surface area (Å²) in [6.07, 6.45) is -1.79. The van der Waals surface area contributed by atoms with Gasteiger partial charge in [0.15, 0.2) is 0 Å². The van der Waals surface area contributed by atoms with Crippen LogP contribution in [0.4, 0.5) is 4.39 Å². The van der Waals surface area contributed by atoms with Gasteiger partial charge in [0.25, 0.3) is 0 Å². The SMILES string of the molecule is CC(C)(c1ccc(OC[C@@H](O)CF)cc1)c1ccc(OC[C@@H](O)CCl)cc1. The van der Waals surface area contributed by atoms with Gasteiger partial charge < -0.3 is 19.7 Å². The van der Waals surface area contributed by atoms with Crippen LogP contribution in [-0.4, -0.2) is 48.2 Å². The molecule has 0 spiro atoms. The number of halogens is 2. The van der Waals surface area contributed by atoms with Crippen molar-refractivity contribution in [2.24, 2.45) is 0 Å². The molecule has 2 atom stereocenters. The maximum absolute atomic E-state index is 12.3. The predicted molar refractivity (Wildman–Crippen MR) is 105 cm³/mol. The van der Waals surface area contributed by atoms with Gasteiger partial charge in [0, 0.05) is 5.41 Å². The Bertz CT molecular complexity index is 629. The fourth-order valence-electron chi connectivity index (χ4n) is 2.58. The van der Waals surface area contributed by atoms with Crippen molar-refractivity contribution in [2.75, 3.05) is 25.8 Å². The molecular formula is C21H26ClFO4. The van der Waals surface area contributed by atoms with Gasteiger partial charge in [-0.1, -0.05) is 38.1 Å². The first kappa shape index (κ1) is 21.5. The van der Waals surface area contributed by atoms with Crippen LogP contribution in [0.3, 0.4) is 0 Å². The molecule has 0 aliphatic carbocycles. The van der Waals surface area contributed by atoms with Crippen molar-refractivity contribution >= 4 is 11.6 Å². The van der Waals surface area contributed by atoms with Gasteiger partial charge in [-0.25, -0.2) is 4.39 Å². The molecule has 0 bridgehead atoms. The molecule has 2 aromatic carbocycles. The van der Waals surface area contributed by atoms with E-state index in [0.29, 0.717) is 11.5 Å². The Labute approximate surface area is 164 Å². The molecular weight excluding hydrogens is 371 g/mol. The second-order valence-corrected chi connectivity index (χ2v) is 7.22. The monoisotopic (exact) mass is 396 g/mol. The number of rotatable bonds is 10.